The fraction of sp³-hybridized carbons (Fsp3) is 0.400. The Morgan fingerprint density at radius 1 is 1.02 bits per heavy atom. The summed E-state index contributed by atoms with van der Waals surface area (Å²) in [5.41, 5.74) is 1.62. The van der Waals surface area contributed by atoms with Crippen molar-refractivity contribution in [2.24, 2.45) is 0 Å². The SMILES string of the molecule is O=C1CCC(N2Cc3cc(C(=O)N4CCC(N5CC=C(c6cccc(Cl)c6Cl)CC5)C(F)(F)C4)c(F)cc3C2=O)C(=O)N1. The van der Waals surface area contributed by atoms with E-state index in [1.807, 2.05) is 12.1 Å². The van der Waals surface area contributed by atoms with Gasteiger partial charge in [0.05, 0.1) is 28.2 Å². The molecule has 43 heavy (non-hydrogen) atoms. The van der Waals surface area contributed by atoms with Gasteiger partial charge in [0.25, 0.3) is 17.7 Å². The molecule has 4 heterocycles. The molecule has 4 aliphatic rings. The van der Waals surface area contributed by atoms with E-state index in [1.165, 1.54) is 11.0 Å². The second-order valence-electron chi connectivity index (χ2n) is 11.3. The van der Waals surface area contributed by atoms with E-state index in [0.717, 1.165) is 22.1 Å². The van der Waals surface area contributed by atoms with Crippen LogP contribution in [0.4, 0.5) is 13.2 Å². The topological polar surface area (TPSA) is 90.0 Å². The van der Waals surface area contributed by atoms with Crippen LogP contribution in [0.2, 0.25) is 10.0 Å². The third-order valence-corrected chi connectivity index (χ3v) is 9.49. The van der Waals surface area contributed by atoms with Gasteiger partial charge < -0.3 is 9.80 Å². The van der Waals surface area contributed by atoms with Gasteiger partial charge in [-0.05, 0) is 54.2 Å². The van der Waals surface area contributed by atoms with Gasteiger partial charge in [-0.1, -0.05) is 41.4 Å². The van der Waals surface area contributed by atoms with Crippen LogP contribution in [0.5, 0.6) is 0 Å². The molecule has 2 atom stereocenters. The summed E-state index contributed by atoms with van der Waals surface area (Å²) in [6.07, 6.45) is 2.56. The molecular formula is C30H27Cl2F3N4O4. The molecule has 0 radical (unpaired) electrons. The van der Waals surface area contributed by atoms with Gasteiger partial charge in [-0.15, -0.1) is 0 Å². The summed E-state index contributed by atoms with van der Waals surface area (Å²) in [5.74, 6) is -6.78. The number of hydrogen-bond acceptors (Lipinski definition) is 5. The van der Waals surface area contributed by atoms with E-state index in [1.54, 1.807) is 17.0 Å². The Bertz CT molecular complexity index is 1580. The summed E-state index contributed by atoms with van der Waals surface area (Å²) in [6, 6.07) is 5.44. The highest BCUT2D eigenvalue weighted by Crippen LogP contribution is 2.38. The maximum absolute atomic E-state index is 15.5. The third-order valence-electron chi connectivity index (χ3n) is 8.67. The van der Waals surface area contributed by atoms with Gasteiger partial charge in [-0.2, -0.15) is 0 Å². The number of amides is 4. The van der Waals surface area contributed by atoms with Crippen molar-refractivity contribution in [1.82, 2.24) is 20.0 Å². The minimum atomic E-state index is -3.25. The normalized spacial score (nSPS) is 24.1. The van der Waals surface area contributed by atoms with Crippen molar-refractivity contribution in [3.05, 3.63) is 74.5 Å². The summed E-state index contributed by atoms with van der Waals surface area (Å²) >= 11 is 12.5. The highest BCUT2D eigenvalue weighted by atomic mass is 35.5. The monoisotopic (exact) mass is 634 g/mol. The Balaban J connectivity index is 1.14. The molecule has 4 amide bonds. The zero-order valence-corrected chi connectivity index (χ0v) is 24.4. The Morgan fingerprint density at radius 2 is 1.81 bits per heavy atom. The first-order valence-electron chi connectivity index (χ1n) is 14.0. The molecule has 226 valence electrons. The Labute approximate surface area is 255 Å². The van der Waals surface area contributed by atoms with Crippen LogP contribution in [-0.4, -0.2) is 82.5 Å². The quantitative estimate of drug-likeness (QED) is 0.499. The van der Waals surface area contributed by atoms with E-state index in [2.05, 4.69) is 5.32 Å². The number of nitrogens with zero attached hydrogens (tertiary/aromatic N) is 3. The van der Waals surface area contributed by atoms with E-state index in [0.29, 0.717) is 28.6 Å². The first-order valence-corrected chi connectivity index (χ1v) is 14.7. The number of carbonyl (C=O) groups is 4. The number of alkyl halides is 2. The lowest BCUT2D eigenvalue weighted by molar-refractivity contribution is -0.136. The van der Waals surface area contributed by atoms with Crippen molar-refractivity contribution in [3.8, 4) is 0 Å². The number of benzene rings is 2. The fourth-order valence-corrected chi connectivity index (χ4v) is 6.86. The molecule has 0 saturated carbocycles. The number of piperidine rings is 2. The molecular weight excluding hydrogens is 608 g/mol. The molecule has 2 aromatic rings. The van der Waals surface area contributed by atoms with Crippen LogP contribution in [0.1, 0.15) is 57.5 Å². The average molecular weight is 635 g/mol. The Kier molecular flexibility index (Phi) is 7.76. The highest BCUT2D eigenvalue weighted by molar-refractivity contribution is 6.43. The molecule has 6 rings (SSSR count). The molecule has 4 aliphatic heterocycles. The van der Waals surface area contributed by atoms with Gasteiger partial charge in [0, 0.05) is 38.2 Å². The van der Waals surface area contributed by atoms with Gasteiger partial charge in [0.2, 0.25) is 11.8 Å². The summed E-state index contributed by atoms with van der Waals surface area (Å²) in [7, 11) is 0. The largest absolute Gasteiger partial charge is 0.332 e. The summed E-state index contributed by atoms with van der Waals surface area (Å²) in [4.78, 5) is 53.9. The minimum absolute atomic E-state index is 0.000581. The number of nitrogens with one attached hydrogen (secondary N) is 1. The molecule has 0 bridgehead atoms. The van der Waals surface area contributed by atoms with Gasteiger partial charge in [0.15, 0.2) is 0 Å². The predicted octanol–water partition coefficient (Wildman–Crippen LogP) is 4.53. The molecule has 0 aliphatic carbocycles. The van der Waals surface area contributed by atoms with Crippen LogP contribution < -0.4 is 5.32 Å². The van der Waals surface area contributed by atoms with E-state index in [4.69, 9.17) is 23.2 Å². The van der Waals surface area contributed by atoms with Crippen molar-refractivity contribution in [2.75, 3.05) is 26.2 Å². The number of likely N-dealkylation sites (tertiary alicyclic amines) is 1. The van der Waals surface area contributed by atoms with Crippen molar-refractivity contribution < 1.29 is 32.3 Å². The number of imide groups is 1. The summed E-state index contributed by atoms with van der Waals surface area (Å²) in [5, 5.41) is 3.04. The fourth-order valence-electron chi connectivity index (χ4n) is 6.44. The first-order chi connectivity index (χ1) is 20.4. The van der Waals surface area contributed by atoms with E-state index >= 15 is 13.2 Å². The smallest absolute Gasteiger partial charge is 0.280 e. The molecule has 0 aromatic heterocycles. The zero-order valence-electron chi connectivity index (χ0n) is 22.8. The number of halogens is 5. The lowest BCUT2D eigenvalue weighted by Crippen LogP contribution is -2.60. The summed E-state index contributed by atoms with van der Waals surface area (Å²) < 4.78 is 46.2. The number of rotatable bonds is 4. The molecule has 0 spiro atoms. The van der Waals surface area contributed by atoms with Crippen LogP contribution in [0.3, 0.4) is 0 Å². The van der Waals surface area contributed by atoms with Crippen LogP contribution in [-0.2, 0) is 16.1 Å². The van der Waals surface area contributed by atoms with Crippen LogP contribution in [0.15, 0.2) is 36.4 Å². The van der Waals surface area contributed by atoms with E-state index in [-0.39, 0.29) is 44.5 Å². The zero-order chi connectivity index (χ0) is 30.6. The van der Waals surface area contributed by atoms with Gasteiger partial charge in [-0.3, -0.25) is 29.4 Å². The van der Waals surface area contributed by atoms with Crippen molar-refractivity contribution in [1.29, 1.82) is 0 Å². The van der Waals surface area contributed by atoms with Gasteiger partial charge >= 0.3 is 0 Å². The number of hydrogen-bond donors (Lipinski definition) is 1. The van der Waals surface area contributed by atoms with Crippen molar-refractivity contribution in [2.45, 2.75) is 50.2 Å². The molecule has 2 saturated heterocycles. The van der Waals surface area contributed by atoms with E-state index in [9.17, 15) is 19.2 Å². The molecule has 1 N–H and O–H groups in total. The molecule has 8 nitrogen and oxygen atoms in total. The Hall–Kier alpha value is -3.41. The van der Waals surface area contributed by atoms with Crippen LogP contribution >= 0.6 is 23.2 Å². The second-order valence-corrected chi connectivity index (χ2v) is 12.0. The van der Waals surface area contributed by atoms with Crippen molar-refractivity contribution in [3.63, 3.8) is 0 Å². The maximum Gasteiger partial charge on any atom is 0.280 e. The number of fused-ring (bicyclic) bond motifs is 1. The van der Waals surface area contributed by atoms with Gasteiger partial charge in [0.1, 0.15) is 11.9 Å². The second kappa shape index (κ2) is 11.3. The molecule has 2 aromatic carbocycles. The van der Waals surface area contributed by atoms with Gasteiger partial charge in [-0.25, -0.2) is 13.2 Å². The van der Waals surface area contributed by atoms with Crippen molar-refractivity contribution >= 4 is 52.4 Å². The average Bonchev–Trinajstić information content (AvgIpc) is 3.28. The lowest BCUT2D eigenvalue weighted by Gasteiger charge is -2.44. The molecule has 2 fully saturated rings. The first kappa shape index (κ1) is 29.7. The van der Waals surface area contributed by atoms with Crippen LogP contribution in [0.25, 0.3) is 5.57 Å². The standard InChI is InChI=1S/C30H27Cl2F3N4O4/c31-21-3-1-2-18(26(21)32)16-6-9-37(10-7-16)24-8-11-38(15-30(24,34)35)28(42)20-12-17-14-39(29(43)19(17)13-22(20)33)23-4-5-25(40)36-27(23)41/h1-3,6,12-13,23-24H,4-5,7-11,14-15H2,(H,36,40,41). The lowest BCUT2D eigenvalue weighted by atomic mass is 9.93. The highest BCUT2D eigenvalue weighted by Gasteiger charge is 2.49. The number of carbonyl (C=O) groups excluding carboxylic acids is 4. The van der Waals surface area contributed by atoms with Crippen LogP contribution in [0, 0.1) is 5.82 Å². The summed E-state index contributed by atoms with van der Waals surface area (Å²) in [6.45, 7) is -0.278. The third kappa shape index (κ3) is 5.42. The predicted molar refractivity (Wildman–Crippen MR) is 152 cm³/mol. The molecule has 13 heteroatoms. The van der Waals surface area contributed by atoms with E-state index < -0.39 is 59.6 Å². The molecule has 2 unspecified atom stereocenters. The maximum atomic E-state index is 15.5. The Morgan fingerprint density at radius 3 is 2.51 bits per heavy atom. The minimum Gasteiger partial charge on any atom is -0.332 e.